The van der Waals surface area contributed by atoms with Crippen molar-refractivity contribution in [2.75, 3.05) is 7.05 Å². The summed E-state index contributed by atoms with van der Waals surface area (Å²) in [5.41, 5.74) is 19.3. The Bertz CT molecular complexity index is 3060. The minimum Gasteiger partial charge on any atom is -0.317 e. The predicted molar refractivity (Wildman–Crippen MR) is 291 cm³/mol. The standard InChI is InChI=1S/C58H47N.C7H8.CH3N/c1-59-58(50-30-16-6-17-31-50,51-32-18-7-19-33-51)39-38-43-40-48(53-35-21-20-34-52(53)44-22-8-2-9-23-44)42-49(41-43)55-37-36-54(45-24-10-3-11-25-45)56(46-26-12-4-13-27-46)57(55)47-28-14-5-15-29-47;1-7-5-3-2-4-6-7;1-2/h2-37,40-42,59H,38-39H2,1H3;2-6H,1H3;2H,1H2. The summed E-state index contributed by atoms with van der Waals surface area (Å²) in [6.07, 6.45) is 1.72. The lowest BCUT2D eigenvalue weighted by molar-refractivity contribution is 0.405. The zero-order chi connectivity index (χ0) is 47.0. The lowest BCUT2D eigenvalue weighted by atomic mass is 9.78. The SMILES string of the molecule is C=N.CNC(CCc1cc(-c2ccccc2-c2ccccc2)cc(-c2ccc(-c3ccccc3)c(-c3ccccc3)c2-c2ccccc2)c1)(c1ccccc1)c1ccccc1.Cc1ccccc1. The molecular weight excluding hydrogens is 821 g/mol. The van der Waals surface area contributed by atoms with Gasteiger partial charge < -0.3 is 10.7 Å². The first-order valence-corrected chi connectivity index (χ1v) is 23.4. The molecule has 0 amide bonds. The summed E-state index contributed by atoms with van der Waals surface area (Å²) in [6.45, 7) is 4.58. The van der Waals surface area contributed by atoms with E-state index in [2.05, 4.69) is 275 Å². The van der Waals surface area contributed by atoms with Gasteiger partial charge in [0.15, 0.2) is 0 Å². The molecule has 0 unspecified atom stereocenters. The fourth-order valence-corrected chi connectivity index (χ4v) is 9.44. The van der Waals surface area contributed by atoms with Crippen LogP contribution in [0.1, 0.15) is 28.7 Å². The second-order valence-corrected chi connectivity index (χ2v) is 16.9. The van der Waals surface area contributed by atoms with Gasteiger partial charge in [0.2, 0.25) is 0 Å². The molecule has 0 aliphatic carbocycles. The second-order valence-electron chi connectivity index (χ2n) is 16.9. The molecule has 10 aromatic rings. The maximum atomic E-state index is 5.50. The Hall–Kier alpha value is -8.17. The van der Waals surface area contributed by atoms with E-state index >= 15 is 0 Å². The smallest absolute Gasteiger partial charge is 0.0691 e. The zero-order valence-corrected chi connectivity index (χ0v) is 39.0. The van der Waals surface area contributed by atoms with Gasteiger partial charge in [-0.25, -0.2) is 0 Å². The van der Waals surface area contributed by atoms with Crippen LogP contribution in [0.4, 0.5) is 0 Å². The molecule has 2 N–H and O–H groups in total. The van der Waals surface area contributed by atoms with Gasteiger partial charge in [0.05, 0.1) is 5.54 Å². The van der Waals surface area contributed by atoms with Crippen LogP contribution >= 0.6 is 0 Å². The van der Waals surface area contributed by atoms with E-state index < -0.39 is 0 Å². The average Bonchev–Trinajstić information content (AvgIpc) is 3.43. The molecule has 0 fully saturated rings. The van der Waals surface area contributed by atoms with Crippen LogP contribution in [0.15, 0.2) is 267 Å². The van der Waals surface area contributed by atoms with Crippen molar-refractivity contribution in [1.82, 2.24) is 5.32 Å². The second kappa shape index (κ2) is 22.8. The third kappa shape index (κ3) is 10.6. The molecule has 332 valence electrons. The van der Waals surface area contributed by atoms with Gasteiger partial charge in [-0.3, -0.25) is 0 Å². The van der Waals surface area contributed by atoms with Gasteiger partial charge in [0.1, 0.15) is 0 Å². The molecule has 68 heavy (non-hydrogen) atoms. The minimum absolute atomic E-state index is 0.381. The molecule has 0 atom stereocenters. The van der Waals surface area contributed by atoms with Crippen LogP contribution in [0.3, 0.4) is 0 Å². The Morgan fingerprint density at radius 2 is 0.676 bits per heavy atom. The summed E-state index contributed by atoms with van der Waals surface area (Å²) < 4.78 is 0. The molecule has 10 aromatic carbocycles. The van der Waals surface area contributed by atoms with Crippen LogP contribution in [0.2, 0.25) is 0 Å². The minimum atomic E-state index is -0.381. The summed E-state index contributed by atoms with van der Waals surface area (Å²) in [7, 11) is 2.10. The highest BCUT2D eigenvalue weighted by molar-refractivity contribution is 6.02. The first-order valence-electron chi connectivity index (χ1n) is 23.4. The van der Waals surface area contributed by atoms with E-state index in [1.165, 1.54) is 89.0 Å². The van der Waals surface area contributed by atoms with Crippen molar-refractivity contribution in [3.63, 3.8) is 0 Å². The highest BCUT2D eigenvalue weighted by atomic mass is 14.9. The van der Waals surface area contributed by atoms with Gasteiger partial charge in [-0.1, -0.05) is 266 Å². The van der Waals surface area contributed by atoms with Gasteiger partial charge in [-0.15, -0.1) is 0 Å². The molecular formula is C66H58N2. The molecule has 0 spiro atoms. The van der Waals surface area contributed by atoms with Gasteiger partial charge >= 0.3 is 0 Å². The monoisotopic (exact) mass is 878 g/mol. The lowest BCUT2D eigenvalue weighted by Gasteiger charge is -2.35. The Labute approximate surface area is 403 Å². The highest BCUT2D eigenvalue weighted by Crippen LogP contribution is 2.47. The van der Waals surface area contributed by atoms with E-state index in [1.54, 1.807) is 0 Å². The van der Waals surface area contributed by atoms with Crippen molar-refractivity contribution < 1.29 is 0 Å². The number of hydrogen-bond donors (Lipinski definition) is 2. The molecule has 0 saturated carbocycles. The normalized spacial score (nSPS) is 10.8. The zero-order valence-electron chi connectivity index (χ0n) is 39.0. The molecule has 10 rings (SSSR count). The third-order valence-corrected chi connectivity index (χ3v) is 12.7. The Balaban J connectivity index is 0.000000631. The van der Waals surface area contributed by atoms with Crippen molar-refractivity contribution in [2.24, 2.45) is 0 Å². The number of benzene rings is 10. The van der Waals surface area contributed by atoms with E-state index in [9.17, 15) is 0 Å². The molecule has 0 aromatic heterocycles. The van der Waals surface area contributed by atoms with Crippen LogP contribution in [0.25, 0.3) is 66.8 Å². The Morgan fingerprint density at radius 1 is 0.353 bits per heavy atom. The molecule has 2 nitrogen and oxygen atoms in total. The molecule has 0 heterocycles. The maximum absolute atomic E-state index is 5.50. The first-order chi connectivity index (χ1) is 33.6. The number of nitrogens with one attached hydrogen (secondary N) is 2. The van der Waals surface area contributed by atoms with Crippen LogP contribution in [0.5, 0.6) is 0 Å². The number of hydrogen-bond acceptors (Lipinski definition) is 2. The summed E-state index contributed by atoms with van der Waals surface area (Å²) in [5, 5.41) is 9.32. The highest BCUT2D eigenvalue weighted by Gasteiger charge is 2.32. The van der Waals surface area contributed by atoms with Crippen LogP contribution in [0, 0.1) is 12.3 Å². The Kier molecular flexibility index (Phi) is 15.6. The van der Waals surface area contributed by atoms with Crippen molar-refractivity contribution >= 4 is 6.72 Å². The van der Waals surface area contributed by atoms with E-state index in [0.29, 0.717) is 0 Å². The molecule has 0 bridgehead atoms. The largest absolute Gasteiger partial charge is 0.317 e. The number of aryl methyl sites for hydroxylation is 2. The molecule has 0 aliphatic rings. The van der Waals surface area contributed by atoms with Crippen LogP contribution in [-0.2, 0) is 12.0 Å². The fourth-order valence-electron chi connectivity index (χ4n) is 9.44. The Morgan fingerprint density at radius 3 is 1.07 bits per heavy atom. The summed E-state index contributed by atoms with van der Waals surface area (Å²) in [5.74, 6) is 0. The van der Waals surface area contributed by atoms with E-state index in [0.717, 1.165) is 12.8 Å². The van der Waals surface area contributed by atoms with Gasteiger partial charge in [0, 0.05) is 0 Å². The van der Waals surface area contributed by atoms with E-state index in [-0.39, 0.29) is 5.54 Å². The first kappa shape index (κ1) is 46.4. The van der Waals surface area contributed by atoms with Crippen molar-refractivity contribution in [3.05, 3.63) is 289 Å². The van der Waals surface area contributed by atoms with Gasteiger partial charge in [-0.05, 0) is 123 Å². The van der Waals surface area contributed by atoms with Crippen molar-refractivity contribution in [3.8, 4) is 66.8 Å². The van der Waals surface area contributed by atoms with Crippen molar-refractivity contribution in [1.29, 1.82) is 5.41 Å². The van der Waals surface area contributed by atoms with Gasteiger partial charge in [0.25, 0.3) is 0 Å². The predicted octanol–water partition coefficient (Wildman–Crippen LogP) is 17.0. The van der Waals surface area contributed by atoms with Gasteiger partial charge in [-0.2, -0.15) is 0 Å². The van der Waals surface area contributed by atoms with E-state index in [1.807, 2.05) is 18.2 Å². The topological polar surface area (TPSA) is 35.9 Å². The fraction of sp³-hybridized carbons (Fsp3) is 0.0758. The maximum Gasteiger partial charge on any atom is 0.0691 e. The third-order valence-electron chi connectivity index (χ3n) is 12.7. The lowest BCUT2D eigenvalue weighted by Crippen LogP contribution is -2.41. The summed E-state index contributed by atoms with van der Waals surface area (Å²) >= 11 is 0. The quantitative estimate of drug-likeness (QED) is 0.118. The summed E-state index contributed by atoms with van der Waals surface area (Å²) in [4.78, 5) is 0. The molecule has 0 radical (unpaired) electrons. The molecule has 2 heteroatoms. The van der Waals surface area contributed by atoms with Crippen molar-refractivity contribution in [2.45, 2.75) is 25.3 Å². The molecule has 0 aliphatic heterocycles. The molecule has 0 saturated heterocycles. The summed E-state index contributed by atoms with van der Waals surface area (Å²) in [6, 6.07) is 96.4. The number of rotatable bonds is 12. The average molecular weight is 879 g/mol. The van der Waals surface area contributed by atoms with Crippen LogP contribution < -0.4 is 5.32 Å². The van der Waals surface area contributed by atoms with E-state index in [4.69, 9.17) is 5.41 Å². The van der Waals surface area contributed by atoms with Crippen LogP contribution in [-0.4, -0.2) is 13.8 Å².